The van der Waals surface area contributed by atoms with Crippen LogP contribution in [0, 0.1) is 11.3 Å². The molecule has 0 radical (unpaired) electrons. The smallest absolute Gasteiger partial charge is 0.0665 e. The summed E-state index contributed by atoms with van der Waals surface area (Å²) in [6.45, 7) is 5.73. The average molecular weight is 265 g/mol. The molecule has 3 aliphatic carbocycles. The summed E-state index contributed by atoms with van der Waals surface area (Å²) in [6.07, 6.45) is 13.4. The number of nitrogens with one attached hydrogen (secondary N) is 1. The highest BCUT2D eigenvalue weighted by molar-refractivity contribution is 5.10. The van der Waals surface area contributed by atoms with Gasteiger partial charge in [0.25, 0.3) is 0 Å². The lowest BCUT2D eigenvalue weighted by Gasteiger charge is -2.55. The second-order valence-electron chi connectivity index (χ2n) is 7.29. The summed E-state index contributed by atoms with van der Waals surface area (Å²) in [5.74, 6) is 0.927. The van der Waals surface area contributed by atoms with Gasteiger partial charge in [0.2, 0.25) is 0 Å². The third-order valence-corrected chi connectivity index (χ3v) is 6.09. The first-order chi connectivity index (χ1) is 9.24. The number of hydrogen-bond donors (Lipinski definition) is 1. The van der Waals surface area contributed by atoms with Gasteiger partial charge in [0.05, 0.1) is 12.2 Å². The van der Waals surface area contributed by atoms with E-state index in [1.807, 2.05) is 0 Å². The Morgan fingerprint density at radius 1 is 1.11 bits per heavy atom. The van der Waals surface area contributed by atoms with E-state index in [-0.39, 0.29) is 0 Å². The molecule has 3 aliphatic rings. The molecule has 110 valence electrons. The highest BCUT2D eigenvalue weighted by Crippen LogP contribution is 2.55. The van der Waals surface area contributed by atoms with E-state index in [4.69, 9.17) is 4.74 Å². The SMILES string of the molecule is CCNC1CC(OC2CCC(C)CC2)C12CCCC2. The Morgan fingerprint density at radius 2 is 1.79 bits per heavy atom. The van der Waals surface area contributed by atoms with E-state index in [1.54, 1.807) is 0 Å². The molecule has 2 unspecified atom stereocenters. The molecule has 1 N–H and O–H groups in total. The molecule has 0 aromatic carbocycles. The first-order valence-electron chi connectivity index (χ1n) is 8.63. The molecule has 1 spiro atoms. The van der Waals surface area contributed by atoms with E-state index < -0.39 is 0 Å². The summed E-state index contributed by atoms with van der Waals surface area (Å²) in [5, 5.41) is 3.71. The van der Waals surface area contributed by atoms with Crippen molar-refractivity contribution in [2.45, 2.75) is 89.9 Å². The fourth-order valence-corrected chi connectivity index (χ4v) is 4.77. The van der Waals surface area contributed by atoms with E-state index >= 15 is 0 Å². The summed E-state index contributed by atoms with van der Waals surface area (Å²) in [7, 11) is 0. The lowest BCUT2D eigenvalue weighted by atomic mass is 9.60. The zero-order valence-electron chi connectivity index (χ0n) is 12.8. The standard InChI is InChI=1S/C17H31NO/c1-3-18-15-12-16(17(15)10-4-5-11-17)19-14-8-6-13(2)7-9-14/h13-16,18H,3-12H2,1-2H3. The zero-order valence-corrected chi connectivity index (χ0v) is 12.8. The normalized spacial score (nSPS) is 41.4. The molecule has 0 aromatic heterocycles. The zero-order chi connectivity index (χ0) is 13.3. The minimum absolute atomic E-state index is 0.513. The second-order valence-corrected chi connectivity index (χ2v) is 7.29. The van der Waals surface area contributed by atoms with Crippen LogP contribution >= 0.6 is 0 Å². The van der Waals surface area contributed by atoms with Crippen molar-refractivity contribution < 1.29 is 4.74 Å². The predicted octanol–water partition coefficient (Wildman–Crippen LogP) is 3.89. The molecular formula is C17H31NO. The van der Waals surface area contributed by atoms with Crippen molar-refractivity contribution in [2.75, 3.05) is 6.54 Å². The van der Waals surface area contributed by atoms with Crippen molar-refractivity contribution in [2.24, 2.45) is 11.3 Å². The summed E-state index contributed by atoms with van der Waals surface area (Å²) in [4.78, 5) is 0. The van der Waals surface area contributed by atoms with Gasteiger partial charge in [-0.2, -0.15) is 0 Å². The predicted molar refractivity (Wildman–Crippen MR) is 79.3 cm³/mol. The summed E-state index contributed by atoms with van der Waals surface area (Å²) >= 11 is 0. The van der Waals surface area contributed by atoms with E-state index in [2.05, 4.69) is 19.2 Å². The van der Waals surface area contributed by atoms with E-state index in [9.17, 15) is 0 Å². The van der Waals surface area contributed by atoms with Crippen LogP contribution in [-0.4, -0.2) is 24.8 Å². The van der Waals surface area contributed by atoms with Gasteiger partial charge in [-0.1, -0.05) is 26.7 Å². The molecule has 0 bridgehead atoms. The van der Waals surface area contributed by atoms with Gasteiger partial charge in [0.1, 0.15) is 0 Å². The van der Waals surface area contributed by atoms with Crippen LogP contribution in [0.25, 0.3) is 0 Å². The quantitative estimate of drug-likeness (QED) is 0.832. The van der Waals surface area contributed by atoms with Crippen LogP contribution in [0.4, 0.5) is 0 Å². The molecule has 2 atom stereocenters. The Bertz CT molecular complexity index is 290. The third kappa shape index (κ3) is 2.58. The average Bonchev–Trinajstić information content (AvgIpc) is 2.92. The maximum Gasteiger partial charge on any atom is 0.0665 e. The Morgan fingerprint density at radius 3 is 2.42 bits per heavy atom. The van der Waals surface area contributed by atoms with Crippen molar-refractivity contribution in [1.82, 2.24) is 5.32 Å². The summed E-state index contributed by atoms with van der Waals surface area (Å²) in [6, 6.07) is 0.743. The molecule has 0 heterocycles. The van der Waals surface area contributed by atoms with Crippen LogP contribution in [0.2, 0.25) is 0 Å². The van der Waals surface area contributed by atoms with Crippen LogP contribution in [0.15, 0.2) is 0 Å². The maximum atomic E-state index is 6.55. The minimum atomic E-state index is 0.513. The molecule has 19 heavy (non-hydrogen) atoms. The third-order valence-electron chi connectivity index (χ3n) is 6.09. The fourth-order valence-electron chi connectivity index (χ4n) is 4.77. The van der Waals surface area contributed by atoms with Crippen LogP contribution in [-0.2, 0) is 4.74 Å². The van der Waals surface area contributed by atoms with E-state index in [0.29, 0.717) is 17.6 Å². The number of rotatable bonds is 4. The monoisotopic (exact) mass is 265 g/mol. The molecule has 3 fully saturated rings. The van der Waals surface area contributed by atoms with Crippen molar-refractivity contribution in [3.8, 4) is 0 Å². The van der Waals surface area contributed by atoms with Crippen LogP contribution < -0.4 is 5.32 Å². The Hall–Kier alpha value is -0.0800. The first kappa shape index (κ1) is 13.9. The molecule has 2 nitrogen and oxygen atoms in total. The Balaban J connectivity index is 1.56. The summed E-state index contributed by atoms with van der Waals surface area (Å²) in [5.41, 5.74) is 0.513. The van der Waals surface area contributed by atoms with E-state index in [1.165, 1.54) is 57.8 Å². The van der Waals surface area contributed by atoms with Gasteiger partial charge in [0, 0.05) is 11.5 Å². The molecule has 0 aromatic rings. The molecule has 3 saturated carbocycles. The van der Waals surface area contributed by atoms with Gasteiger partial charge >= 0.3 is 0 Å². The fraction of sp³-hybridized carbons (Fsp3) is 1.00. The maximum absolute atomic E-state index is 6.55. The lowest BCUT2D eigenvalue weighted by molar-refractivity contribution is -0.167. The first-order valence-corrected chi connectivity index (χ1v) is 8.63. The van der Waals surface area contributed by atoms with Gasteiger partial charge in [-0.05, 0) is 57.4 Å². The van der Waals surface area contributed by atoms with Gasteiger partial charge in [0.15, 0.2) is 0 Å². The molecule has 0 saturated heterocycles. The van der Waals surface area contributed by atoms with Crippen molar-refractivity contribution in [3.63, 3.8) is 0 Å². The van der Waals surface area contributed by atoms with Crippen molar-refractivity contribution >= 4 is 0 Å². The van der Waals surface area contributed by atoms with Crippen molar-refractivity contribution in [3.05, 3.63) is 0 Å². The molecule has 2 heteroatoms. The van der Waals surface area contributed by atoms with Crippen LogP contribution in [0.5, 0.6) is 0 Å². The molecule has 3 rings (SSSR count). The highest BCUT2D eigenvalue weighted by Gasteiger charge is 2.56. The van der Waals surface area contributed by atoms with Crippen LogP contribution in [0.3, 0.4) is 0 Å². The van der Waals surface area contributed by atoms with Crippen molar-refractivity contribution in [1.29, 1.82) is 0 Å². The largest absolute Gasteiger partial charge is 0.374 e. The molecule has 0 amide bonds. The Kier molecular flexibility index (Phi) is 4.19. The van der Waals surface area contributed by atoms with Gasteiger partial charge in [-0.15, -0.1) is 0 Å². The summed E-state index contributed by atoms with van der Waals surface area (Å²) < 4.78 is 6.55. The molecule has 0 aliphatic heterocycles. The number of hydrogen-bond acceptors (Lipinski definition) is 2. The van der Waals surface area contributed by atoms with Crippen LogP contribution in [0.1, 0.15) is 71.6 Å². The highest BCUT2D eigenvalue weighted by atomic mass is 16.5. The minimum Gasteiger partial charge on any atom is -0.374 e. The number of ether oxygens (including phenoxy) is 1. The van der Waals surface area contributed by atoms with Gasteiger partial charge < -0.3 is 10.1 Å². The van der Waals surface area contributed by atoms with Gasteiger partial charge in [-0.25, -0.2) is 0 Å². The second kappa shape index (κ2) is 5.73. The Labute approximate surface area is 118 Å². The molecular weight excluding hydrogens is 234 g/mol. The van der Waals surface area contributed by atoms with E-state index in [0.717, 1.165) is 18.5 Å². The van der Waals surface area contributed by atoms with Gasteiger partial charge in [-0.3, -0.25) is 0 Å². The topological polar surface area (TPSA) is 21.3 Å². The lowest BCUT2D eigenvalue weighted by Crippen LogP contribution is -2.63.